The molecule has 0 radical (unpaired) electrons. The number of nitrogens with one attached hydrogen (secondary N) is 1. The molecule has 0 atom stereocenters. The molecule has 0 amide bonds. The minimum atomic E-state index is 0.182. The Balaban J connectivity index is 2.24. The standard InChI is InChI=1S/C12H9ClN4/c13-11-10-9(16-12(14)17-11)6-8(15-10)7-4-2-1-3-5-7/h1-6,15H,(H2,14,16,17). The topological polar surface area (TPSA) is 67.6 Å². The van der Waals surface area contributed by atoms with Crippen LogP contribution >= 0.6 is 11.6 Å². The predicted octanol–water partition coefficient (Wildman–Crippen LogP) is 2.86. The lowest BCUT2D eigenvalue weighted by Gasteiger charge is -1.95. The molecule has 0 aliphatic carbocycles. The van der Waals surface area contributed by atoms with Crippen molar-refractivity contribution in [3.63, 3.8) is 0 Å². The molecule has 5 heteroatoms. The quantitative estimate of drug-likeness (QED) is 0.647. The Labute approximate surface area is 102 Å². The van der Waals surface area contributed by atoms with Crippen LogP contribution in [0.3, 0.4) is 0 Å². The molecule has 2 heterocycles. The highest BCUT2D eigenvalue weighted by molar-refractivity contribution is 6.33. The molecule has 0 aliphatic rings. The van der Waals surface area contributed by atoms with E-state index in [2.05, 4.69) is 15.0 Å². The smallest absolute Gasteiger partial charge is 0.222 e. The van der Waals surface area contributed by atoms with Crippen molar-refractivity contribution < 1.29 is 0 Å². The van der Waals surface area contributed by atoms with Crippen molar-refractivity contribution in [1.29, 1.82) is 0 Å². The summed E-state index contributed by atoms with van der Waals surface area (Å²) in [4.78, 5) is 11.2. The van der Waals surface area contributed by atoms with Gasteiger partial charge in [0.05, 0.1) is 5.52 Å². The molecule has 4 nitrogen and oxygen atoms in total. The van der Waals surface area contributed by atoms with Crippen LogP contribution in [0.1, 0.15) is 0 Å². The summed E-state index contributed by atoms with van der Waals surface area (Å²) < 4.78 is 0. The fourth-order valence-corrected chi connectivity index (χ4v) is 2.00. The number of hydrogen-bond donors (Lipinski definition) is 2. The van der Waals surface area contributed by atoms with Gasteiger partial charge in [0.25, 0.3) is 0 Å². The zero-order valence-corrected chi connectivity index (χ0v) is 9.57. The number of aromatic amines is 1. The molecule has 84 valence electrons. The Bertz CT molecular complexity index is 676. The van der Waals surface area contributed by atoms with Crippen molar-refractivity contribution >= 4 is 28.6 Å². The molecule has 0 saturated carbocycles. The van der Waals surface area contributed by atoms with Gasteiger partial charge in [0, 0.05) is 5.69 Å². The number of nitrogens with zero attached hydrogens (tertiary/aromatic N) is 2. The fraction of sp³-hybridized carbons (Fsp3) is 0. The minimum absolute atomic E-state index is 0.182. The van der Waals surface area contributed by atoms with Crippen molar-refractivity contribution in [3.05, 3.63) is 41.6 Å². The lowest BCUT2D eigenvalue weighted by atomic mass is 10.2. The highest BCUT2D eigenvalue weighted by Crippen LogP contribution is 2.26. The molecular formula is C12H9ClN4. The van der Waals surface area contributed by atoms with Gasteiger partial charge in [-0.1, -0.05) is 41.9 Å². The summed E-state index contributed by atoms with van der Waals surface area (Å²) in [5.41, 5.74) is 9.00. The maximum absolute atomic E-state index is 6.00. The van der Waals surface area contributed by atoms with E-state index in [9.17, 15) is 0 Å². The minimum Gasteiger partial charge on any atom is -0.368 e. The number of H-pyrrole nitrogens is 1. The Morgan fingerprint density at radius 1 is 1.12 bits per heavy atom. The summed E-state index contributed by atoms with van der Waals surface area (Å²) in [6.07, 6.45) is 0. The van der Waals surface area contributed by atoms with E-state index in [1.54, 1.807) is 0 Å². The van der Waals surface area contributed by atoms with Gasteiger partial charge in [-0.15, -0.1) is 0 Å². The molecule has 3 rings (SSSR count). The van der Waals surface area contributed by atoms with E-state index in [-0.39, 0.29) is 5.95 Å². The Morgan fingerprint density at radius 2 is 1.88 bits per heavy atom. The van der Waals surface area contributed by atoms with Crippen molar-refractivity contribution in [1.82, 2.24) is 15.0 Å². The first kappa shape index (κ1) is 10.1. The number of halogens is 1. The largest absolute Gasteiger partial charge is 0.368 e. The van der Waals surface area contributed by atoms with Gasteiger partial charge in [-0.3, -0.25) is 0 Å². The molecule has 3 aromatic rings. The van der Waals surface area contributed by atoms with Crippen LogP contribution in [0.5, 0.6) is 0 Å². The molecule has 0 saturated heterocycles. The monoisotopic (exact) mass is 244 g/mol. The highest BCUT2D eigenvalue weighted by Gasteiger charge is 2.09. The van der Waals surface area contributed by atoms with Crippen molar-refractivity contribution in [2.24, 2.45) is 0 Å². The van der Waals surface area contributed by atoms with E-state index >= 15 is 0 Å². The summed E-state index contributed by atoms with van der Waals surface area (Å²) >= 11 is 6.00. The number of aromatic nitrogens is 3. The van der Waals surface area contributed by atoms with Gasteiger partial charge in [0.2, 0.25) is 5.95 Å². The molecule has 1 aromatic carbocycles. The van der Waals surface area contributed by atoms with Crippen LogP contribution < -0.4 is 5.73 Å². The number of anilines is 1. The van der Waals surface area contributed by atoms with Crippen LogP contribution in [-0.4, -0.2) is 15.0 Å². The molecule has 0 bridgehead atoms. The summed E-state index contributed by atoms with van der Waals surface area (Å²) in [6.45, 7) is 0. The number of rotatable bonds is 1. The molecule has 3 N–H and O–H groups in total. The molecular weight excluding hydrogens is 236 g/mol. The molecule has 0 unspecified atom stereocenters. The van der Waals surface area contributed by atoms with E-state index in [0.29, 0.717) is 10.7 Å². The van der Waals surface area contributed by atoms with Gasteiger partial charge in [-0.25, -0.2) is 4.98 Å². The van der Waals surface area contributed by atoms with Crippen molar-refractivity contribution in [2.45, 2.75) is 0 Å². The third-order valence-corrected chi connectivity index (χ3v) is 2.81. The number of fused-ring (bicyclic) bond motifs is 1. The second-order valence-corrected chi connectivity index (χ2v) is 4.04. The Hall–Kier alpha value is -2.07. The van der Waals surface area contributed by atoms with Crippen LogP contribution in [0, 0.1) is 0 Å². The van der Waals surface area contributed by atoms with Crippen molar-refractivity contribution in [2.75, 3.05) is 5.73 Å². The number of benzene rings is 1. The first-order chi connectivity index (χ1) is 8.24. The molecule has 0 spiro atoms. The maximum Gasteiger partial charge on any atom is 0.222 e. The van der Waals surface area contributed by atoms with Gasteiger partial charge in [0.15, 0.2) is 5.15 Å². The maximum atomic E-state index is 6.00. The number of nitrogen functional groups attached to an aromatic ring is 1. The highest BCUT2D eigenvalue weighted by atomic mass is 35.5. The normalized spacial score (nSPS) is 10.9. The van der Waals surface area contributed by atoms with E-state index in [4.69, 9.17) is 17.3 Å². The average Bonchev–Trinajstić information content (AvgIpc) is 2.74. The Kier molecular flexibility index (Phi) is 2.23. The predicted molar refractivity (Wildman–Crippen MR) is 68.7 cm³/mol. The van der Waals surface area contributed by atoms with Crippen molar-refractivity contribution in [3.8, 4) is 11.3 Å². The Morgan fingerprint density at radius 3 is 2.65 bits per heavy atom. The van der Waals surface area contributed by atoms with E-state index in [1.165, 1.54) is 0 Å². The second kappa shape index (κ2) is 3.75. The third kappa shape index (κ3) is 1.72. The molecule has 17 heavy (non-hydrogen) atoms. The SMILES string of the molecule is Nc1nc(Cl)c2[nH]c(-c3ccccc3)cc2n1. The average molecular weight is 245 g/mol. The van der Waals surface area contributed by atoms with Gasteiger partial charge in [-0.05, 0) is 11.6 Å². The molecule has 0 aliphatic heterocycles. The summed E-state index contributed by atoms with van der Waals surface area (Å²) in [5.74, 6) is 0.182. The van der Waals surface area contributed by atoms with Crippen LogP contribution in [0.2, 0.25) is 5.15 Å². The number of nitrogens with two attached hydrogens (primary N) is 1. The van der Waals surface area contributed by atoms with Crippen LogP contribution in [0.25, 0.3) is 22.3 Å². The van der Waals surface area contributed by atoms with E-state index < -0.39 is 0 Å². The van der Waals surface area contributed by atoms with Crippen LogP contribution in [0.15, 0.2) is 36.4 Å². The molecule has 2 aromatic heterocycles. The first-order valence-corrected chi connectivity index (χ1v) is 5.49. The molecule has 0 fully saturated rings. The lowest BCUT2D eigenvalue weighted by molar-refractivity contribution is 1.23. The van der Waals surface area contributed by atoms with Gasteiger partial charge >= 0.3 is 0 Å². The summed E-state index contributed by atoms with van der Waals surface area (Å²) in [5, 5.41) is 0.342. The number of hydrogen-bond acceptors (Lipinski definition) is 3. The first-order valence-electron chi connectivity index (χ1n) is 5.11. The van der Waals surface area contributed by atoms with Crippen LogP contribution in [0.4, 0.5) is 5.95 Å². The van der Waals surface area contributed by atoms with Gasteiger partial charge < -0.3 is 10.7 Å². The van der Waals surface area contributed by atoms with Gasteiger partial charge in [-0.2, -0.15) is 4.98 Å². The van der Waals surface area contributed by atoms with E-state index in [0.717, 1.165) is 16.8 Å². The fourth-order valence-electron chi connectivity index (χ4n) is 1.77. The third-order valence-electron chi connectivity index (χ3n) is 2.54. The van der Waals surface area contributed by atoms with Gasteiger partial charge in [0.1, 0.15) is 5.52 Å². The second-order valence-electron chi connectivity index (χ2n) is 3.68. The van der Waals surface area contributed by atoms with E-state index in [1.807, 2.05) is 36.4 Å². The van der Waals surface area contributed by atoms with Crippen LogP contribution in [-0.2, 0) is 0 Å². The summed E-state index contributed by atoms with van der Waals surface area (Å²) in [7, 11) is 0. The lowest BCUT2D eigenvalue weighted by Crippen LogP contribution is -1.94. The zero-order valence-electron chi connectivity index (χ0n) is 8.81. The summed E-state index contributed by atoms with van der Waals surface area (Å²) in [6, 6.07) is 11.8. The zero-order chi connectivity index (χ0) is 11.8.